The van der Waals surface area contributed by atoms with Crippen LogP contribution in [0.4, 0.5) is 0 Å². The van der Waals surface area contributed by atoms with Gasteiger partial charge in [0.05, 0.1) is 0 Å². The Morgan fingerprint density at radius 1 is 1.14 bits per heavy atom. The number of aryl methyl sites for hydroxylation is 1. The molecule has 0 radical (unpaired) electrons. The molecule has 0 heterocycles. The van der Waals surface area contributed by atoms with Crippen molar-refractivity contribution in [3.05, 3.63) is 64.7 Å². The number of carbonyl (C=O) groups excluding carboxylic acids is 1. The van der Waals surface area contributed by atoms with E-state index in [1.807, 2.05) is 42.5 Å². The predicted molar refractivity (Wildman–Crippen MR) is 84.6 cm³/mol. The maximum absolute atomic E-state index is 11.7. The van der Waals surface area contributed by atoms with Gasteiger partial charge in [0.2, 0.25) is 0 Å². The van der Waals surface area contributed by atoms with E-state index in [-0.39, 0.29) is 12.5 Å². The van der Waals surface area contributed by atoms with Crippen LogP contribution in [0.15, 0.2) is 48.5 Å². The molecule has 0 bridgehead atoms. The second-order valence-electron chi connectivity index (χ2n) is 4.65. The van der Waals surface area contributed by atoms with E-state index in [0.717, 1.165) is 12.0 Å². The number of hydrogen-bond donors (Lipinski definition) is 1. The van der Waals surface area contributed by atoms with Gasteiger partial charge < -0.3 is 10.1 Å². The van der Waals surface area contributed by atoms with Crippen LogP contribution in [-0.4, -0.2) is 12.5 Å². The molecule has 0 atom stereocenters. The fraction of sp³-hybridized carbons (Fsp3) is 0.235. The Kier molecular flexibility index (Phi) is 5.64. The standard InChI is InChI=1S/C17H18ClNO2/c1-2-13-7-9-15(10-8-13)21-12-17(20)19-11-14-5-3-4-6-16(14)18/h3-10H,2,11-12H2,1H3,(H,19,20). The summed E-state index contributed by atoms with van der Waals surface area (Å²) in [7, 11) is 0. The van der Waals surface area contributed by atoms with E-state index in [4.69, 9.17) is 16.3 Å². The molecule has 2 aromatic carbocycles. The molecule has 1 N–H and O–H groups in total. The number of amides is 1. The van der Waals surface area contributed by atoms with Crippen LogP contribution in [0.1, 0.15) is 18.1 Å². The van der Waals surface area contributed by atoms with Crippen molar-refractivity contribution in [2.45, 2.75) is 19.9 Å². The first-order valence-electron chi connectivity index (χ1n) is 6.91. The largest absolute Gasteiger partial charge is 0.484 e. The number of nitrogens with one attached hydrogen (secondary N) is 1. The van der Waals surface area contributed by atoms with Crippen LogP contribution in [0.2, 0.25) is 5.02 Å². The van der Waals surface area contributed by atoms with Crippen molar-refractivity contribution in [3.8, 4) is 5.75 Å². The van der Waals surface area contributed by atoms with E-state index in [1.165, 1.54) is 5.56 Å². The van der Waals surface area contributed by atoms with Gasteiger partial charge in [-0.2, -0.15) is 0 Å². The molecule has 4 heteroatoms. The van der Waals surface area contributed by atoms with E-state index >= 15 is 0 Å². The highest BCUT2D eigenvalue weighted by molar-refractivity contribution is 6.31. The third kappa shape index (κ3) is 4.80. The number of rotatable bonds is 6. The molecule has 0 saturated carbocycles. The number of carbonyl (C=O) groups is 1. The van der Waals surface area contributed by atoms with Crippen LogP contribution < -0.4 is 10.1 Å². The topological polar surface area (TPSA) is 38.3 Å². The molecule has 3 nitrogen and oxygen atoms in total. The first-order valence-corrected chi connectivity index (χ1v) is 7.28. The van der Waals surface area contributed by atoms with Crippen molar-refractivity contribution < 1.29 is 9.53 Å². The smallest absolute Gasteiger partial charge is 0.258 e. The Balaban J connectivity index is 1.78. The SMILES string of the molecule is CCc1ccc(OCC(=O)NCc2ccccc2Cl)cc1. The van der Waals surface area contributed by atoms with Gasteiger partial charge in [-0.15, -0.1) is 0 Å². The molecule has 2 rings (SSSR count). The zero-order valence-electron chi connectivity index (χ0n) is 11.9. The minimum absolute atomic E-state index is 0.00404. The first-order chi connectivity index (χ1) is 10.2. The Labute approximate surface area is 129 Å². The lowest BCUT2D eigenvalue weighted by Crippen LogP contribution is -2.28. The molecule has 0 aliphatic rings. The number of halogens is 1. The zero-order valence-corrected chi connectivity index (χ0v) is 12.7. The average molecular weight is 304 g/mol. The summed E-state index contributed by atoms with van der Waals surface area (Å²) in [5.41, 5.74) is 2.13. The summed E-state index contributed by atoms with van der Waals surface area (Å²) >= 11 is 6.03. The minimum atomic E-state index is -0.172. The van der Waals surface area contributed by atoms with E-state index in [9.17, 15) is 4.79 Å². The lowest BCUT2D eigenvalue weighted by Gasteiger charge is -2.09. The molecule has 0 fully saturated rings. The van der Waals surface area contributed by atoms with Crippen LogP contribution in [-0.2, 0) is 17.8 Å². The van der Waals surface area contributed by atoms with Crippen LogP contribution in [0, 0.1) is 0 Å². The fourth-order valence-corrected chi connectivity index (χ4v) is 2.06. The summed E-state index contributed by atoms with van der Waals surface area (Å²) in [5.74, 6) is 0.523. The Morgan fingerprint density at radius 3 is 2.52 bits per heavy atom. The van der Waals surface area contributed by atoms with Gasteiger partial charge in [0.25, 0.3) is 5.91 Å². The van der Waals surface area contributed by atoms with Crippen molar-refractivity contribution in [2.24, 2.45) is 0 Å². The zero-order chi connectivity index (χ0) is 15.1. The highest BCUT2D eigenvalue weighted by Gasteiger charge is 2.04. The maximum atomic E-state index is 11.7. The molecule has 21 heavy (non-hydrogen) atoms. The average Bonchev–Trinajstić information content (AvgIpc) is 2.52. The number of benzene rings is 2. The van der Waals surface area contributed by atoms with Gasteiger partial charge in [-0.05, 0) is 35.7 Å². The molecular formula is C17H18ClNO2. The highest BCUT2D eigenvalue weighted by Crippen LogP contribution is 2.14. The first kappa shape index (κ1) is 15.4. The Morgan fingerprint density at radius 2 is 1.86 bits per heavy atom. The third-order valence-corrected chi connectivity index (χ3v) is 3.50. The minimum Gasteiger partial charge on any atom is -0.484 e. The van der Waals surface area contributed by atoms with E-state index in [1.54, 1.807) is 6.07 Å². The molecule has 0 spiro atoms. The van der Waals surface area contributed by atoms with E-state index < -0.39 is 0 Å². The van der Waals surface area contributed by atoms with Crippen molar-refractivity contribution >= 4 is 17.5 Å². The molecule has 0 saturated heterocycles. The predicted octanol–water partition coefficient (Wildman–Crippen LogP) is 3.60. The molecule has 0 aliphatic heterocycles. The fourth-order valence-electron chi connectivity index (χ4n) is 1.86. The molecule has 110 valence electrons. The van der Waals surface area contributed by atoms with Crippen molar-refractivity contribution in [3.63, 3.8) is 0 Å². The Hall–Kier alpha value is -2.00. The molecule has 0 aliphatic carbocycles. The summed E-state index contributed by atoms with van der Waals surface area (Å²) in [6, 6.07) is 15.2. The van der Waals surface area contributed by atoms with E-state index in [2.05, 4.69) is 12.2 Å². The summed E-state index contributed by atoms with van der Waals surface area (Å²) in [6.07, 6.45) is 0.985. The summed E-state index contributed by atoms with van der Waals surface area (Å²) < 4.78 is 5.44. The summed E-state index contributed by atoms with van der Waals surface area (Å²) in [4.78, 5) is 11.7. The van der Waals surface area contributed by atoms with E-state index in [0.29, 0.717) is 17.3 Å². The second kappa shape index (κ2) is 7.70. The number of ether oxygens (including phenoxy) is 1. The molecule has 0 aromatic heterocycles. The van der Waals surface area contributed by atoms with Gasteiger partial charge in [0, 0.05) is 11.6 Å². The summed E-state index contributed by atoms with van der Waals surface area (Å²) in [5, 5.41) is 3.43. The van der Waals surface area contributed by atoms with Crippen molar-refractivity contribution in [1.82, 2.24) is 5.32 Å². The van der Waals surface area contributed by atoms with Gasteiger partial charge in [-0.1, -0.05) is 48.9 Å². The molecule has 2 aromatic rings. The van der Waals surface area contributed by atoms with Gasteiger partial charge in [0.15, 0.2) is 6.61 Å². The van der Waals surface area contributed by atoms with Gasteiger partial charge >= 0.3 is 0 Å². The van der Waals surface area contributed by atoms with Crippen LogP contribution in [0.5, 0.6) is 5.75 Å². The normalized spacial score (nSPS) is 10.2. The lowest BCUT2D eigenvalue weighted by atomic mass is 10.2. The summed E-state index contributed by atoms with van der Waals surface area (Å²) in [6.45, 7) is 2.49. The van der Waals surface area contributed by atoms with Crippen molar-refractivity contribution in [1.29, 1.82) is 0 Å². The Bertz CT molecular complexity index is 596. The van der Waals surface area contributed by atoms with Crippen LogP contribution in [0.25, 0.3) is 0 Å². The molecule has 1 amide bonds. The third-order valence-electron chi connectivity index (χ3n) is 3.14. The maximum Gasteiger partial charge on any atom is 0.258 e. The van der Waals surface area contributed by atoms with Crippen molar-refractivity contribution in [2.75, 3.05) is 6.61 Å². The second-order valence-corrected chi connectivity index (χ2v) is 5.06. The molecular weight excluding hydrogens is 286 g/mol. The number of hydrogen-bond acceptors (Lipinski definition) is 2. The van der Waals surface area contributed by atoms with Gasteiger partial charge in [-0.25, -0.2) is 0 Å². The monoisotopic (exact) mass is 303 g/mol. The highest BCUT2D eigenvalue weighted by atomic mass is 35.5. The van der Waals surface area contributed by atoms with Gasteiger partial charge in [-0.3, -0.25) is 4.79 Å². The quantitative estimate of drug-likeness (QED) is 0.885. The lowest BCUT2D eigenvalue weighted by molar-refractivity contribution is -0.123. The molecule has 0 unspecified atom stereocenters. The van der Waals surface area contributed by atoms with Gasteiger partial charge in [0.1, 0.15) is 5.75 Å². The van der Waals surface area contributed by atoms with Crippen LogP contribution in [0.3, 0.4) is 0 Å². The van der Waals surface area contributed by atoms with Crippen LogP contribution >= 0.6 is 11.6 Å².